The molecular weight excluding hydrogens is 198 g/mol. The fraction of sp³-hybridized carbons (Fsp3) is 0.769. The Morgan fingerprint density at radius 1 is 1.50 bits per heavy atom. The van der Waals surface area contributed by atoms with E-state index in [1.807, 2.05) is 12.4 Å². The molecule has 1 atom stereocenters. The summed E-state index contributed by atoms with van der Waals surface area (Å²) in [7, 11) is 2.07. The number of hydrogen-bond acceptors (Lipinski definition) is 2. The highest BCUT2D eigenvalue weighted by Gasteiger charge is 2.40. The zero-order valence-electron chi connectivity index (χ0n) is 10.7. The molecule has 0 aromatic carbocycles. The van der Waals surface area contributed by atoms with Crippen molar-refractivity contribution in [3.63, 3.8) is 0 Å². The molecule has 2 rings (SSSR count). The summed E-state index contributed by atoms with van der Waals surface area (Å²) in [4.78, 5) is 4.43. The van der Waals surface area contributed by atoms with Crippen LogP contribution in [0.3, 0.4) is 0 Å². The van der Waals surface area contributed by atoms with Gasteiger partial charge in [-0.3, -0.25) is 0 Å². The first-order chi connectivity index (χ1) is 7.71. The lowest BCUT2D eigenvalue weighted by atomic mass is 10.0. The third-order valence-corrected chi connectivity index (χ3v) is 4.01. The minimum Gasteiger partial charge on any atom is -0.337 e. The molecule has 0 spiro atoms. The summed E-state index contributed by atoms with van der Waals surface area (Å²) in [6, 6.07) is 0.407. The molecule has 0 saturated heterocycles. The number of aromatic nitrogens is 2. The van der Waals surface area contributed by atoms with E-state index < -0.39 is 0 Å². The van der Waals surface area contributed by atoms with Crippen molar-refractivity contribution in [2.45, 2.75) is 45.6 Å². The molecule has 1 N–H and O–H groups in total. The molecule has 90 valence electrons. The van der Waals surface area contributed by atoms with Crippen LogP contribution in [0, 0.1) is 5.41 Å². The summed E-state index contributed by atoms with van der Waals surface area (Å²) in [6.45, 7) is 5.67. The molecule has 0 radical (unpaired) electrons. The zero-order valence-corrected chi connectivity index (χ0v) is 10.7. The number of aryl methyl sites for hydroxylation is 1. The smallest absolute Gasteiger partial charge is 0.125 e. The van der Waals surface area contributed by atoms with E-state index in [-0.39, 0.29) is 0 Å². The molecule has 1 fully saturated rings. The van der Waals surface area contributed by atoms with Crippen LogP contribution < -0.4 is 5.32 Å². The number of imidazole rings is 1. The van der Waals surface area contributed by atoms with E-state index in [1.54, 1.807) is 0 Å². The minimum absolute atomic E-state index is 0.407. The van der Waals surface area contributed by atoms with E-state index in [4.69, 9.17) is 0 Å². The summed E-state index contributed by atoms with van der Waals surface area (Å²) in [5.74, 6) is 1.16. The van der Waals surface area contributed by atoms with Crippen LogP contribution in [0.5, 0.6) is 0 Å². The number of rotatable bonds is 6. The highest BCUT2D eigenvalue weighted by Crippen LogP contribution is 2.48. The van der Waals surface area contributed by atoms with Crippen molar-refractivity contribution in [1.29, 1.82) is 0 Å². The second kappa shape index (κ2) is 4.58. The van der Waals surface area contributed by atoms with Gasteiger partial charge in [0.05, 0.1) is 6.04 Å². The van der Waals surface area contributed by atoms with Gasteiger partial charge in [-0.2, -0.15) is 0 Å². The van der Waals surface area contributed by atoms with E-state index in [2.05, 4.69) is 35.8 Å². The second-order valence-corrected chi connectivity index (χ2v) is 5.09. The van der Waals surface area contributed by atoms with Gasteiger partial charge in [-0.05, 0) is 31.1 Å². The molecule has 1 unspecified atom stereocenters. The fourth-order valence-electron chi connectivity index (χ4n) is 2.30. The van der Waals surface area contributed by atoms with Gasteiger partial charge in [0, 0.05) is 26.0 Å². The molecule has 1 aliphatic rings. The third-order valence-electron chi connectivity index (χ3n) is 4.01. The second-order valence-electron chi connectivity index (χ2n) is 5.09. The first kappa shape index (κ1) is 11.6. The molecule has 3 heteroatoms. The number of nitrogens with zero attached hydrogens (tertiary/aromatic N) is 2. The molecule has 1 aromatic rings. The van der Waals surface area contributed by atoms with Crippen molar-refractivity contribution >= 4 is 0 Å². The third kappa shape index (κ3) is 2.29. The number of nitrogens with one attached hydrogen (secondary N) is 1. The molecule has 0 bridgehead atoms. The maximum atomic E-state index is 4.43. The predicted octanol–water partition coefficient (Wildman–Crippen LogP) is 2.65. The highest BCUT2D eigenvalue weighted by molar-refractivity contribution is 5.01. The van der Waals surface area contributed by atoms with Crippen molar-refractivity contribution in [3.8, 4) is 0 Å². The molecule has 0 amide bonds. The highest BCUT2D eigenvalue weighted by atomic mass is 15.1. The Bertz CT molecular complexity index is 339. The quantitative estimate of drug-likeness (QED) is 0.800. The minimum atomic E-state index is 0.407. The first-order valence-corrected chi connectivity index (χ1v) is 6.41. The SMILES string of the molecule is CCC(NCC1(CC)CC1)c1nccn1C. The first-order valence-electron chi connectivity index (χ1n) is 6.41. The molecule has 1 heterocycles. The van der Waals surface area contributed by atoms with Gasteiger partial charge in [0.15, 0.2) is 0 Å². The summed E-state index contributed by atoms with van der Waals surface area (Å²) in [5.41, 5.74) is 0.610. The lowest BCUT2D eigenvalue weighted by Crippen LogP contribution is -2.29. The van der Waals surface area contributed by atoms with Gasteiger partial charge in [0.2, 0.25) is 0 Å². The molecule has 0 aliphatic heterocycles. The average molecular weight is 221 g/mol. The van der Waals surface area contributed by atoms with Crippen molar-refractivity contribution in [1.82, 2.24) is 14.9 Å². The van der Waals surface area contributed by atoms with Crippen molar-refractivity contribution in [2.24, 2.45) is 12.5 Å². The lowest BCUT2D eigenvalue weighted by molar-refractivity contribution is 0.386. The van der Waals surface area contributed by atoms with E-state index >= 15 is 0 Å². The Morgan fingerprint density at radius 3 is 2.69 bits per heavy atom. The van der Waals surface area contributed by atoms with Crippen LogP contribution in [-0.4, -0.2) is 16.1 Å². The molecule has 1 saturated carbocycles. The van der Waals surface area contributed by atoms with E-state index in [1.165, 1.54) is 19.3 Å². The van der Waals surface area contributed by atoms with Gasteiger partial charge >= 0.3 is 0 Å². The maximum absolute atomic E-state index is 4.43. The van der Waals surface area contributed by atoms with E-state index in [0.29, 0.717) is 11.5 Å². The standard InChI is InChI=1S/C13H23N3/c1-4-11(12-14-8-9-16(12)3)15-10-13(5-2)6-7-13/h8-9,11,15H,4-7,10H2,1-3H3. The molecular formula is C13H23N3. The Labute approximate surface area is 98.3 Å². The largest absolute Gasteiger partial charge is 0.337 e. The van der Waals surface area contributed by atoms with Crippen LogP contribution in [0.2, 0.25) is 0 Å². The van der Waals surface area contributed by atoms with Gasteiger partial charge in [0.1, 0.15) is 5.82 Å². The summed E-state index contributed by atoms with van der Waals surface area (Å²) in [6.07, 6.45) is 9.10. The summed E-state index contributed by atoms with van der Waals surface area (Å²) >= 11 is 0. The van der Waals surface area contributed by atoms with Crippen molar-refractivity contribution in [3.05, 3.63) is 18.2 Å². The molecule has 3 nitrogen and oxygen atoms in total. The average Bonchev–Trinajstić information content (AvgIpc) is 2.97. The number of hydrogen-bond donors (Lipinski definition) is 1. The van der Waals surface area contributed by atoms with Gasteiger partial charge in [-0.15, -0.1) is 0 Å². The van der Waals surface area contributed by atoms with Crippen LogP contribution in [0.15, 0.2) is 12.4 Å². The molecule has 16 heavy (non-hydrogen) atoms. The predicted molar refractivity (Wildman–Crippen MR) is 66.2 cm³/mol. The zero-order chi connectivity index (χ0) is 11.6. The summed E-state index contributed by atoms with van der Waals surface area (Å²) < 4.78 is 2.12. The normalized spacial score (nSPS) is 19.7. The maximum Gasteiger partial charge on any atom is 0.125 e. The van der Waals surface area contributed by atoms with E-state index in [0.717, 1.165) is 18.8 Å². The molecule has 1 aromatic heterocycles. The van der Waals surface area contributed by atoms with Crippen LogP contribution >= 0.6 is 0 Å². The fourth-order valence-corrected chi connectivity index (χ4v) is 2.30. The van der Waals surface area contributed by atoms with Gasteiger partial charge in [0.25, 0.3) is 0 Å². The van der Waals surface area contributed by atoms with Crippen LogP contribution in [0.25, 0.3) is 0 Å². The Morgan fingerprint density at radius 2 is 2.25 bits per heavy atom. The Hall–Kier alpha value is -0.830. The van der Waals surface area contributed by atoms with Crippen molar-refractivity contribution in [2.75, 3.05) is 6.54 Å². The van der Waals surface area contributed by atoms with Gasteiger partial charge < -0.3 is 9.88 Å². The van der Waals surface area contributed by atoms with Crippen LogP contribution in [-0.2, 0) is 7.05 Å². The lowest BCUT2D eigenvalue weighted by Gasteiger charge is -2.20. The monoisotopic (exact) mass is 221 g/mol. The molecule has 1 aliphatic carbocycles. The van der Waals surface area contributed by atoms with E-state index in [9.17, 15) is 0 Å². The Kier molecular flexibility index (Phi) is 3.33. The van der Waals surface area contributed by atoms with Crippen LogP contribution in [0.1, 0.15) is 51.4 Å². The van der Waals surface area contributed by atoms with Gasteiger partial charge in [-0.25, -0.2) is 4.98 Å². The van der Waals surface area contributed by atoms with Crippen LogP contribution in [0.4, 0.5) is 0 Å². The van der Waals surface area contributed by atoms with Crippen molar-refractivity contribution < 1.29 is 0 Å². The Balaban J connectivity index is 1.94. The topological polar surface area (TPSA) is 29.9 Å². The summed E-state index contributed by atoms with van der Waals surface area (Å²) in [5, 5.41) is 3.68. The van der Waals surface area contributed by atoms with Gasteiger partial charge in [-0.1, -0.05) is 13.8 Å².